The number of benzene rings is 1. The summed E-state index contributed by atoms with van der Waals surface area (Å²) in [7, 11) is 0. The summed E-state index contributed by atoms with van der Waals surface area (Å²) in [6.45, 7) is 0.555. The van der Waals surface area contributed by atoms with Crippen molar-refractivity contribution in [1.82, 2.24) is 5.32 Å². The molecule has 1 aliphatic rings. The largest absolute Gasteiger partial charge is 0.489 e. The number of hydrogen-bond donors (Lipinski definition) is 2. The minimum Gasteiger partial charge on any atom is -0.489 e. The Morgan fingerprint density at radius 1 is 1.44 bits per heavy atom. The van der Waals surface area contributed by atoms with Crippen molar-refractivity contribution in [3.63, 3.8) is 0 Å². The number of carbonyl (C=O) groups is 1. The Bertz CT molecular complexity index is 379. The molecular weight excluding hydrogens is 230 g/mol. The molecular formula is C11H12ClNO3. The van der Waals surface area contributed by atoms with Gasteiger partial charge in [0.25, 0.3) is 0 Å². The van der Waals surface area contributed by atoms with Crippen LogP contribution in [0.4, 0.5) is 0 Å². The summed E-state index contributed by atoms with van der Waals surface area (Å²) in [4.78, 5) is 10.7. The standard InChI is InChI=1S/C11H12ClNO3/c12-7-1-3-8(4-2-7)16-9-5-10(11(14)15)13-6-9/h1-4,9-10,13H,5-6H2,(H,14,15)/t9-,10+/m1/s1. The fourth-order valence-corrected chi connectivity index (χ4v) is 1.81. The van der Waals surface area contributed by atoms with Crippen LogP contribution in [0, 0.1) is 0 Å². The topological polar surface area (TPSA) is 58.6 Å². The number of rotatable bonds is 3. The zero-order valence-corrected chi connectivity index (χ0v) is 9.28. The molecule has 0 aromatic heterocycles. The molecule has 0 amide bonds. The Balaban J connectivity index is 1.92. The summed E-state index contributed by atoms with van der Waals surface area (Å²) in [5.41, 5.74) is 0. The maximum absolute atomic E-state index is 10.7. The highest BCUT2D eigenvalue weighted by Crippen LogP contribution is 2.19. The predicted octanol–water partition coefficient (Wildman–Crippen LogP) is 1.53. The lowest BCUT2D eigenvalue weighted by atomic mass is 10.2. The highest BCUT2D eigenvalue weighted by atomic mass is 35.5. The third-order valence-electron chi connectivity index (χ3n) is 2.50. The predicted molar refractivity (Wildman–Crippen MR) is 59.9 cm³/mol. The lowest BCUT2D eigenvalue weighted by Gasteiger charge is -2.12. The van der Waals surface area contributed by atoms with Crippen molar-refractivity contribution in [2.45, 2.75) is 18.6 Å². The van der Waals surface area contributed by atoms with E-state index in [9.17, 15) is 4.79 Å². The number of halogens is 1. The summed E-state index contributed by atoms with van der Waals surface area (Å²) >= 11 is 5.75. The second-order valence-corrected chi connectivity index (χ2v) is 4.16. The molecule has 0 unspecified atom stereocenters. The van der Waals surface area contributed by atoms with Gasteiger partial charge in [-0.3, -0.25) is 4.79 Å². The van der Waals surface area contributed by atoms with Crippen molar-refractivity contribution < 1.29 is 14.6 Å². The van der Waals surface area contributed by atoms with E-state index in [2.05, 4.69) is 5.32 Å². The first-order chi connectivity index (χ1) is 7.65. The quantitative estimate of drug-likeness (QED) is 0.843. The van der Waals surface area contributed by atoms with E-state index in [0.717, 1.165) is 0 Å². The number of nitrogens with one attached hydrogen (secondary N) is 1. The van der Waals surface area contributed by atoms with E-state index in [4.69, 9.17) is 21.4 Å². The van der Waals surface area contributed by atoms with Crippen LogP contribution in [-0.4, -0.2) is 29.8 Å². The van der Waals surface area contributed by atoms with Crippen LogP contribution in [0.5, 0.6) is 5.75 Å². The van der Waals surface area contributed by atoms with E-state index in [1.165, 1.54) is 0 Å². The molecule has 2 atom stereocenters. The average molecular weight is 242 g/mol. The smallest absolute Gasteiger partial charge is 0.320 e. The van der Waals surface area contributed by atoms with Gasteiger partial charge in [0.15, 0.2) is 0 Å². The van der Waals surface area contributed by atoms with Gasteiger partial charge >= 0.3 is 5.97 Å². The summed E-state index contributed by atoms with van der Waals surface area (Å²) < 4.78 is 5.63. The summed E-state index contributed by atoms with van der Waals surface area (Å²) in [6.07, 6.45) is 0.389. The van der Waals surface area contributed by atoms with Crippen molar-refractivity contribution in [2.24, 2.45) is 0 Å². The Hall–Kier alpha value is -1.26. The van der Waals surface area contributed by atoms with Crippen LogP contribution >= 0.6 is 11.6 Å². The fourth-order valence-electron chi connectivity index (χ4n) is 1.69. The first-order valence-electron chi connectivity index (χ1n) is 5.03. The van der Waals surface area contributed by atoms with Crippen molar-refractivity contribution in [3.05, 3.63) is 29.3 Å². The minimum atomic E-state index is -0.831. The van der Waals surface area contributed by atoms with E-state index in [1.807, 2.05) is 0 Å². The van der Waals surface area contributed by atoms with Crippen LogP contribution in [-0.2, 0) is 4.79 Å². The van der Waals surface area contributed by atoms with E-state index in [1.54, 1.807) is 24.3 Å². The molecule has 1 heterocycles. The lowest BCUT2D eigenvalue weighted by molar-refractivity contribution is -0.139. The average Bonchev–Trinajstić information content (AvgIpc) is 2.70. The van der Waals surface area contributed by atoms with Gasteiger partial charge in [-0.05, 0) is 24.3 Å². The molecule has 0 radical (unpaired) electrons. The van der Waals surface area contributed by atoms with Gasteiger partial charge in [0.1, 0.15) is 17.9 Å². The molecule has 1 saturated heterocycles. The fraction of sp³-hybridized carbons (Fsp3) is 0.364. The molecule has 2 rings (SSSR count). The van der Waals surface area contributed by atoms with Crippen LogP contribution in [0.15, 0.2) is 24.3 Å². The Morgan fingerprint density at radius 2 is 2.12 bits per heavy atom. The molecule has 0 aliphatic carbocycles. The third-order valence-corrected chi connectivity index (χ3v) is 2.76. The molecule has 16 heavy (non-hydrogen) atoms. The Kier molecular flexibility index (Phi) is 3.31. The highest BCUT2D eigenvalue weighted by molar-refractivity contribution is 6.30. The monoisotopic (exact) mass is 241 g/mol. The number of ether oxygens (including phenoxy) is 1. The zero-order chi connectivity index (χ0) is 11.5. The van der Waals surface area contributed by atoms with Gasteiger partial charge in [-0.15, -0.1) is 0 Å². The van der Waals surface area contributed by atoms with Gasteiger partial charge in [0.05, 0.1) is 0 Å². The number of hydrogen-bond acceptors (Lipinski definition) is 3. The molecule has 86 valence electrons. The maximum atomic E-state index is 10.7. The molecule has 0 spiro atoms. The van der Waals surface area contributed by atoms with Gasteiger partial charge in [-0.2, -0.15) is 0 Å². The van der Waals surface area contributed by atoms with E-state index in [0.29, 0.717) is 23.7 Å². The molecule has 2 N–H and O–H groups in total. The summed E-state index contributed by atoms with van der Waals surface area (Å²) in [6, 6.07) is 6.53. The molecule has 5 heteroatoms. The van der Waals surface area contributed by atoms with Gasteiger partial charge in [-0.25, -0.2) is 0 Å². The highest BCUT2D eigenvalue weighted by Gasteiger charge is 2.30. The van der Waals surface area contributed by atoms with Gasteiger partial charge in [0.2, 0.25) is 0 Å². The molecule has 4 nitrogen and oxygen atoms in total. The van der Waals surface area contributed by atoms with Crippen molar-refractivity contribution >= 4 is 17.6 Å². The van der Waals surface area contributed by atoms with E-state index < -0.39 is 12.0 Å². The molecule has 1 fully saturated rings. The number of carboxylic acids is 1. The van der Waals surface area contributed by atoms with E-state index in [-0.39, 0.29) is 6.10 Å². The van der Waals surface area contributed by atoms with Crippen molar-refractivity contribution in [1.29, 1.82) is 0 Å². The second kappa shape index (κ2) is 4.72. The zero-order valence-electron chi connectivity index (χ0n) is 8.52. The minimum absolute atomic E-state index is 0.0951. The summed E-state index contributed by atoms with van der Waals surface area (Å²) in [5, 5.41) is 12.3. The van der Waals surface area contributed by atoms with Crippen molar-refractivity contribution in [2.75, 3.05) is 6.54 Å². The van der Waals surface area contributed by atoms with Gasteiger partial charge < -0.3 is 15.2 Å². The van der Waals surface area contributed by atoms with Crippen LogP contribution < -0.4 is 10.1 Å². The summed E-state index contributed by atoms with van der Waals surface area (Å²) in [5.74, 6) is -0.121. The van der Waals surface area contributed by atoms with Crippen LogP contribution in [0.1, 0.15) is 6.42 Å². The number of carboxylic acid groups (broad SMARTS) is 1. The second-order valence-electron chi connectivity index (χ2n) is 3.73. The first kappa shape index (κ1) is 11.2. The normalized spacial score (nSPS) is 24.3. The Labute approximate surface area is 98.2 Å². The molecule has 1 aromatic carbocycles. The van der Waals surface area contributed by atoms with Crippen LogP contribution in [0.3, 0.4) is 0 Å². The Morgan fingerprint density at radius 3 is 2.69 bits per heavy atom. The molecule has 0 saturated carbocycles. The molecule has 0 bridgehead atoms. The SMILES string of the molecule is O=C(O)[C@@H]1C[C@@H](Oc2ccc(Cl)cc2)CN1. The van der Waals surface area contributed by atoms with Crippen LogP contribution in [0.25, 0.3) is 0 Å². The third kappa shape index (κ3) is 2.65. The lowest BCUT2D eigenvalue weighted by Crippen LogP contribution is -2.30. The maximum Gasteiger partial charge on any atom is 0.320 e. The van der Waals surface area contributed by atoms with Crippen LogP contribution in [0.2, 0.25) is 5.02 Å². The molecule has 1 aromatic rings. The number of aliphatic carboxylic acids is 1. The van der Waals surface area contributed by atoms with Gasteiger partial charge in [0, 0.05) is 18.0 Å². The van der Waals surface area contributed by atoms with Crippen molar-refractivity contribution in [3.8, 4) is 5.75 Å². The van der Waals surface area contributed by atoms with E-state index >= 15 is 0 Å². The van der Waals surface area contributed by atoms with Gasteiger partial charge in [-0.1, -0.05) is 11.6 Å². The first-order valence-corrected chi connectivity index (χ1v) is 5.41. The molecule has 1 aliphatic heterocycles.